The number of benzene rings is 1. The second-order valence-electron chi connectivity index (χ2n) is 3.21. The standard InChI is InChI=1S/C12H10N2O/c1-10-11(13-9-15)5-4-6-12(10)14-7-2-3-8-14/h2-8H,1H3. The number of hydrogen-bond acceptors (Lipinski definition) is 2. The highest BCUT2D eigenvalue weighted by atomic mass is 16.1. The summed E-state index contributed by atoms with van der Waals surface area (Å²) in [6.45, 7) is 1.94. The van der Waals surface area contributed by atoms with Gasteiger partial charge < -0.3 is 4.57 Å². The molecule has 0 atom stereocenters. The largest absolute Gasteiger partial charge is 0.324 e. The van der Waals surface area contributed by atoms with Crippen molar-refractivity contribution in [1.29, 1.82) is 0 Å². The van der Waals surface area contributed by atoms with Gasteiger partial charge in [0, 0.05) is 18.1 Å². The summed E-state index contributed by atoms with van der Waals surface area (Å²) in [6, 6.07) is 9.56. The molecule has 0 saturated carbocycles. The van der Waals surface area contributed by atoms with E-state index >= 15 is 0 Å². The smallest absolute Gasteiger partial charge is 0.240 e. The molecule has 15 heavy (non-hydrogen) atoms. The van der Waals surface area contributed by atoms with Gasteiger partial charge in [-0.3, -0.25) is 0 Å². The lowest BCUT2D eigenvalue weighted by Gasteiger charge is -2.08. The van der Waals surface area contributed by atoms with Gasteiger partial charge in [-0.2, -0.15) is 4.99 Å². The third kappa shape index (κ3) is 1.73. The van der Waals surface area contributed by atoms with Crippen molar-refractivity contribution in [1.82, 2.24) is 4.57 Å². The van der Waals surface area contributed by atoms with Crippen LogP contribution in [-0.4, -0.2) is 10.6 Å². The van der Waals surface area contributed by atoms with Gasteiger partial charge in [0.2, 0.25) is 6.08 Å². The first-order valence-corrected chi connectivity index (χ1v) is 4.64. The van der Waals surface area contributed by atoms with Crippen LogP contribution in [0.1, 0.15) is 5.56 Å². The molecule has 74 valence electrons. The molecule has 1 aromatic carbocycles. The molecule has 1 heterocycles. The fourth-order valence-electron chi connectivity index (χ4n) is 1.56. The quantitative estimate of drug-likeness (QED) is 0.539. The molecule has 0 unspecified atom stereocenters. The average molecular weight is 198 g/mol. The van der Waals surface area contributed by atoms with Crippen molar-refractivity contribution in [3.05, 3.63) is 48.3 Å². The van der Waals surface area contributed by atoms with Crippen molar-refractivity contribution < 1.29 is 4.79 Å². The molecule has 0 spiro atoms. The van der Waals surface area contributed by atoms with Crippen LogP contribution in [-0.2, 0) is 4.79 Å². The zero-order valence-corrected chi connectivity index (χ0v) is 8.34. The zero-order chi connectivity index (χ0) is 10.7. The Labute approximate surface area is 87.7 Å². The predicted molar refractivity (Wildman–Crippen MR) is 58.3 cm³/mol. The molecule has 0 saturated heterocycles. The predicted octanol–water partition coefficient (Wildman–Crippen LogP) is 2.75. The summed E-state index contributed by atoms with van der Waals surface area (Å²) in [7, 11) is 0. The summed E-state index contributed by atoms with van der Waals surface area (Å²) in [5, 5.41) is 0. The van der Waals surface area contributed by atoms with E-state index in [-0.39, 0.29) is 0 Å². The number of nitrogens with zero attached hydrogens (tertiary/aromatic N) is 2. The van der Waals surface area contributed by atoms with E-state index in [2.05, 4.69) is 4.99 Å². The molecule has 0 bridgehead atoms. The minimum atomic E-state index is 0.663. The number of hydrogen-bond donors (Lipinski definition) is 0. The lowest BCUT2D eigenvalue weighted by molar-refractivity contribution is 0.565. The van der Waals surface area contributed by atoms with Gasteiger partial charge in [0.1, 0.15) is 0 Å². The zero-order valence-electron chi connectivity index (χ0n) is 8.34. The summed E-state index contributed by atoms with van der Waals surface area (Å²) < 4.78 is 1.99. The fraction of sp³-hybridized carbons (Fsp3) is 0.0833. The molecule has 1 aromatic heterocycles. The highest BCUT2D eigenvalue weighted by Crippen LogP contribution is 2.24. The Morgan fingerprint density at radius 1 is 1.20 bits per heavy atom. The highest BCUT2D eigenvalue weighted by Gasteiger charge is 2.03. The Morgan fingerprint density at radius 3 is 2.60 bits per heavy atom. The van der Waals surface area contributed by atoms with Crippen LogP contribution in [0.15, 0.2) is 47.7 Å². The second-order valence-corrected chi connectivity index (χ2v) is 3.21. The third-order valence-electron chi connectivity index (χ3n) is 2.33. The lowest BCUT2D eigenvalue weighted by atomic mass is 10.1. The Morgan fingerprint density at radius 2 is 1.93 bits per heavy atom. The minimum absolute atomic E-state index is 0.663. The van der Waals surface area contributed by atoms with E-state index in [0.29, 0.717) is 5.69 Å². The van der Waals surface area contributed by atoms with Gasteiger partial charge >= 0.3 is 0 Å². The molecule has 0 N–H and O–H groups in total. The normalized spacial score (nSPS) is 9.67. The van der Waals surface area contributed by atoms with E-state index in [1.165, 1.54) is 0 Å². The van der Waals surface area contributed by atoms with Crippen LogP contribution >= 0.6 is 0 Å². The number of aromatic nitrogens is 1. The lowest BCUT2D eigenvalue weighted by Crippen LogP contribution is -1.92. The molecule has 0 amide bonds. The Balaban J connectivity index is 2.59. The van der Waals surface area contributed by atoms with Crippen molar-refractivity contribution in [2.24, 2.45) is 4.99 Å². The molecule has 0 aliphatic heterocycles. The maximum Gasteiger partial charge on any atom is 0.240 e. The van der Waals surface area contributed by atoms with Crippen LogP contribution in [0.25, 0.3) is 5.69 Å². The average Bonchev–Trinajstić information content (AvgIpc) is 2.74. The minimum Gasteiger partial charge on any atom is -0.324 e. The van der Waals surface area contributed by atoms with Gasteiger partial charge in [0.25, 0.3) is 0 Å². The van der Waals surface area contributed by atoms with Crippen LogP contribution < -0.4 is 0 Å². The second kappa shape index (κ2) is 3.95. The molecular formula is C12H10N2O. The summed E-state index contributed by atoms with van der Waals surface area (Å²) in [4.78, 5) is 13.9. The third-order valence-corrected chi connectivity index (χ3v) is 2.33. The maximum absolute atomic E-state index is 10.2. The van der Waals surface area contributed by atoms with Crippen molar-refractivity contribution >= 4 is 11.8 Å². The van der Waals surface area contributed by atoms with E-state index in [0.717, 1.165) is 11.3 Å². The van der Waals surface area contributed by atoms with Crippen LogP contribution in [0.5, 0.6) is 0 Å². The summed E-state index contributed by atoms with van der Waals surface area (Å²) in [5.74, 6) is 0. The van der Waals surface area contributed by atoms with E-state index < -0.39 is 0 Å². The molecule has 0 aliphatic rings. The van der Waals surface area contributed by atoms with Gasteiger partial charge in [0.05, 0.1) is 5.69 Å². The first-order valence-electron chi connectivity index (χ1n) is 4.64. The molecule has 2 aromatic rings. The Bertz CT molecular complexity index is 508. The molecule has 3 nitrogen and oxygen atoms in total. The molecule has 0 aliphatic carbocycles. The van der Waals surface area contributed by atoms with Crippen molar-refractivity contribution in [3.63, 3.8) is 0 Å². The van der Waals surface area contributed by atoms with Gasteiger partial charge in [0.15, 0.2) is 0 Å². The maximum atomic E-state index is 10.2. The molecule has 3 heteroatoms. The number of isocyanates is 1. The number of carbonyl (C=O) groups excluding carboxylic acids is 1. The fourth-order valence-corrected chi connectivity index (χ4v) is 1.56. The number of rotatable bonds is 2. The Kier molecular flexibility index (Phi) is 2.48. The van der Waals surface area contributed by atoms with E-state index in [1.807, 2.05) is 48.1 Å². The number of aliphatic imine (C=N–C) groups is 1. The van der Waals surface area contributed by atoms with E-state index in [4.69, 9.17) is 0 Å². The van der Waals surface area contributed by atoms with Gasteiger partial charge in [-0.1, -0.05) is 6.07 Å². The van der Waals surface area contributed by atoms with Gasteiger partial charge in [-0.25, -0.2) is 4.79 Å². The first-order chi connectivity index (χ1) is 7.33. The van der Waals surface area contributed by atoms with Gasteiger partial charge in [-0.15, -0.1) is 0 Å². The summed E-state index contributed by atoms with van der Waals surface area (Å²) in [6.07, 6.45) is 5.47. The van der Waals surface area contributed by atoms with Crippen molar-refractivity contribution in [2.75, 3.05) is 0 Å². The van der Waals surface area contributed by atoms with Gasteiger partial charge in [-0.05, 0) is 36.8 Å². The summed E-state index contributed by atoms with van der Waals surface area (Å²) >= 11 is 0. The van der Waals surface area contributed by atoms with E-state index in [9.17, 15) is 4.79 Å². The first kappa shape index (κ1) is 9.44. The molecule has 2 rings (SSSR count). The Hall–Kier alpha value is -2.12. The molecule has 0 radical (unpaired) electrons. The van der Waals surface area contributed by atoms with Crippen molar-refractivity contribution in [3.8, 4) is 5.69 Å². The molecular weight excluding hydrogens is 188 g/mol. The molecule has 0 fully saturated rings. The SMILES string of the molecule is Cc1c(N=C=O)cccc1-n1cccc1. The van der Waals surface area contributed by atoms with Crippen LogP contribution in [0, 0.1) is 6.92 Å². The van der Waals surface area contributed by atoms with Crippen LogP contribution in [0.3, 0.4) is 0 Å². The topological polar surface area (TPSA) is 34.4 Å². The van der Waals surface area contributed by atoms with Crippen LogP contribution in [0.2, 0.25) is 0 Å². The summed E-state index contributed by atoms with van der Waals surface area (Å²) in [5.41, 5.74) is 2.66. The van der Waals surface area contributed by atoms with E-state index in [1.54, 1.807) is 12.1 Å². The van der Waals surface area contributed by atoms with Crippen LogP contribution in [0.4, 0.5) is 5.69 Å². The monoisotopic (exact) mass is 198 g/mol. The highest BCUT2D eigenvalue weighted by molar-refractivity contribution is 5.60. The van der Waals surface area contributed by atoms with Crippen molar-refractivity contribution in [2.45, 2.75) is 6.92 Å².